The summed E-state index contributed by atoms with van der Waals surface area (Å²) in [5, 5.41) is 10.9. The molecule has 82 valence electrons. The van der Waals surface area contributed by atoms with E-state index in [1.807, 2.05) is 6.07 Å². The molecule has 1 amide bonds. The first kappa shape index (κ1) is 11.7. The van der Waals surface area contributed by atoms with Gasteiger partial charge in [-0.1, -0.05) is 30.9 Å². The molecule has 0 saturated carbocycles. The maximum atomic E-state index is 11.3. The molecule has 4 nitrogen and oxygen atoms in total. The average Bonchev–Trinajstić information content (AvgIpc) is 2.27. The van der Waals surface area contributed by atoms with Crippen molar-refractivity contribution < 1.29 is 14.7 Å². The van der Waals surface area contributed by atoms with E-state index in [0.717, 1.165) is 17.7 Å². The maximum absolute atomic E-state index is 11.3. The van der Waals surface area contributed by atoms with Crippen molar-refractivity contribution in [3.8, 4) is 0 Å². The molecule has 1 aromatic carbocycles. The summed E-state index contributed by atoms with van der Waals surface area (Å²) in [5.74, 6) is -1.65. The lowest BCUT2D eigenvalue weighted by Crippen LogP contribution is -2.09. The normalized spacial score (nSPS) is 10.0. The third kappa shape index (κ3) is 3.42. The fourth-order valence-electron chi connectivity index (χ4n) is 1.11. The van der Waals surface area contributed by atoms with E-state index < -0.39 is 11.9 Å². The van der Waals surface area contributed by atoms with Gasteiger partial charge in [-0.15, -0.1) is 0 Å². The maximum Gasteiger partial charge on any atom is 0.328 e. The minimum Gasteiger partial charge on any atom is -0.478 e. The molecule has 0 spiro atoms. The van der Waals surface area contributed by atoms with Crippen LogP contribution >= 0.6 is 0 Å². The number of hydrogen-bond donors (Lipinski definition) is 2. The van der Waals surface area contributed by atoms with Crippen molar-refractivity contribution >= 4 is 23.6 Å². The lowest BCUT2D eigenvalue weighted by molar-refractivity contribution is -0.131. The highest BCUT2D eigenvalue weighted by Crippen LogP contribution is 2.15. The Labute approximate surface area is 92.9 Å². The summed E-state index contributed by atoms with van der Waals surface area (Å²) in [5.41, 5.74) is 1.37. The van der Waals surface area contributed by atoms with Crippen molar-refractivity contribution in [1.29, 1.82) is 0 Å². The Hall–Kier alpha value is -2.36. The average molecular weight is 217 g/mol. The highest BCUT2D eigenvalue weighted by atomic mass is 16.4. The van der Waals surface area contributed by atoms with Crippen LogP contribution in [0, 0.1) is 0 Å². The first-order chi connectivity index (χ1) is 7.63. The summed E-state index contributed by atoms with van der Waals surface area (Å²) < 4.78 is 0. The summed E-state index contributed by atoms with van der Waals surface area (Å²) in [7, 11) is 0. The van der Waals surface area contributed by atoms with Gasteiger partial charge in [-0.2, -0.15) is 0 Å². The zero-order valence-electron chi connectivity index (χ0n) is 8.51. The second kappa shape index (κ2) is 5.50. The van der Waals surface area contributed by atoms with Crippen molar-refractivity contribution in [1.82, 2.24) is 0 Å². The second-order valence-electron chi connectivity index (χ2n) is 2.95. The zero-order valence-corrected chi connectivity index (χ0v) is 8.51. The van der Waals surface area contributed by atoms with Gasteiger partial charge in [0.1, 0.15) is 0 Å². The third-order valence-electron chi connectivity index (χ3n) is 1.82. The first-order valence-corrected chi connectivity index (χ1v) is 4.57. The Morgan fingerprint density at radius 1 is 1.25 bits per heavy atom. The Kier molecular flexibility index (Phi) is 4.03. The second-order valence-corrected chi connectivity index (χ2v) is 2.95. The van der Waals surface area contributed by atoms with Gasteiger partial charge in [0.2, 0.25) is 5.91 Å². The molecule has 2 N–H and O–H groups in total. The fourth-order valence-corrected chi connectivity index (χ4v) is 1.11. The summed E-state index contributed by atoms with van der Waals surface area (Å²) in [4.78, 5) is 21.5. The van der Waals surface area contributed by atoms with Crippen LogP contribution in [0.5, 0.6) is 0 Å². The monoisotopic (exact) mass is 217 g/mol. The van der Waals surface area contributed by atoms with Crippen LogP contribution in [-0.4, -0.2) is 17.0 Å². The molecule has 0 fully saturated rings. The molecule has 0 aliphatic heterocycles. The molecule has 0 atom stereocenters. The molecule has 0 bridgehead atoms. The van der Waals surface area contributed by atoms with Crippen LogP contribution in [-0.2, 0) is 9.59 Å². The van der Waals surface area contributed by atoms with E-state index in [1.165, 1.54) is 0 Å². The van der Waals surface area contributed by atoms with E-state index >= 15 is 0 Å². The number of carboxylic acids is 1. The predicted molar refractivity (Wildman–Crippen MR) is 61.9 cm³/mol. The SMILES string of the molecule is C=Cc1ccccc1NC(=O)C=CC(=O)O. The summed E-state index contributed by atoms with van der Waals surface area (Å²) in [6, 6.07) is 7.09. The highest BCUT2D eigenvalue weighted by Gasteiger charge is 2.01. The Bertz CT molecular complexity index is 449. The van der Waals surface area contributed by atoms with Crippen molar-refractivity contribution in [3.05, 3.63) is 48.6 Å². The lowest BCUT2D eigenvalue weighted by Gasteiger charge is -2.05. The Morgan fingerprint density at radius 3 is 2.56 bits per heavy atom. The topological polar surface area (TPSA) is 66.4 Å². The van der Waals surface area contributed by atoms with Gasteiger partial charge in [0.05, 0.1) is 0 Å². The number of para-hydroxylation sites is 1. The van der Waals surface area contributed by atoms with Crippen LogP contribution in [0.4, 0.5) is 5.69 Å². The largest absolute Gasteiger partial charge is 0.478 e. The third-order valence-corrected chi connectivity index (χ3v) is 1.82. The number of anilines is 1. The molecule has 0 radical (unpaired) electrons. The fraction of sp³-hybridized carbons (Fsp3) is 0. The minimum absolute atomic E-state index is 0.489. The van der Waals surface area contributed by atoms with Crippen LogP contribution in [0.1, 0.15) is 5.56 Å². The molecule has 16 heavy (non-hydrogen) atoms. The Balaban J connectivity index is 2.77. The molecule has 4 heteroatoms. The summed E-state index contributed by atoms with van der Waals surface area (Å²) >= 11 is 0. The van der Waals surface area contributed by atoms with E-state index in [0.29, 0.717) is 5.69 Å². The van der Waals surface area contributed by atoms with Crippen LogP contribution in [0.3, 0.4) is 0 Å². The zero-order chi connectivity index (χ0) is 12.0. The molecule has 0 aliphatic rings. The molecule has 0 aromatic heterocycles. The smallest absolute Gasteiger partial charge is 0.328 e. The summed E-state index contributed by atoms with van der Waals surface area (Å²) in [6.07, 6.45) is 3.35. The minimum atomic E-state index is -1.16. The molecule has 0 heterocycles. The van der Waals surface area contributed by atoms with E-state index in [-0.39, 0.29) is 0 Å². The number of rotatable bonds is 4. The number of amides is 1. The van der Waals surface area contributed by atoms with Crippen LogP contribution in [0.2, 0.25) is 0 Å². The number of aliphatic carboxylic acids is 1. The van der Waals surface area contributed by atoms with E-state index in [9.17, 15) is 9.59 Å². The molecular formula is C12H11NO3. The van der Waals surface area contributed by atoms with Crippen LogP contribution in [0.15, 0.2) is 43.0 Å². The predicted octanol–water partition coefficient (Wildman–Crippen LogP) is 1.91. The first-order valence-electron chi connectivity index (χ1n) is 4.57. The van der Waals surface area contributed by atoms with Gasteiger partial charge in [-0.25, -0.2) is 4.79 Å². The number of carbonyl (C=O) groups is 2. The van der Waals surface area contributed by atoms with Gasteiger partial charge in [0.15, 0.2) is 0 Å². The van der Waals surface area contributed by atoms with Gasteiger partial charge in [0, 0.05) is 17.8 Å². The lowest BCUT2D eigenvalue weighted by atomic mass is 10.2. The summed E-state index contributed by atoms with van der Waals surface area (Å²) in [6.45, 7) is 3.61. The van der Waals surface area contributed by atoms with Gasteiger partial charge in [0.25, 0.3) is 0 Å². The standard InChI is InChI=1S/C12H11NO3/c1-2-9-5-3-4-6-10(9)13-11(14)7-8-12(15)16/h2-8H,1H2,(H,13,14)(H,15,16). The van der Waals surface area contributed by atoms with Gasteiger partial charge < -0.3 is 10.4 Å². The molecule has 0 aliphatic carbocycles. The number of nitrogens with one attached hydrogen (secondary N) is 1. The van der Waals surface area contributed by atoms with Gasteiger partial charge >= 0.3 is 5.97 Å². The molecule has 0 unspecified atom stereocenters. The molecular weight excluding hydrogens is 206 g/mol. The van der Waals surface area contributed by atoms with E-state index in [4.69, 9.17) is 5.11 Å². The van der Waals surface area contributed by atoms with Crippen molar-refractivity contribution in [3.63, 3.8) is 0 Å². The van der Waals surface area contributed by atoms with Crippen LogP contribution in [0.25, 0.3) is 6.08 Å². The van der Waals surface area contributed by atoms with Gasteiger partial charge in [-0.05, 0) is 11.6 Å². The van der Waals surface area contributed by atoms with E-state index in [1.54, 1.807) is 24.3 Å². The molecule has 1 aromatic rings. The Morgan fingerprint density at radius 2 is 1.94 bits per heavy atom. The van der Waals surface area contributed by atoms with Crippen molar-refractivity contribution in [2.24, 2.45) is 0 Å². The highest BCUT2D eigenvalue weighted by molar-refractivity contribution is 6.03. The van der Waals surface area contributed by atoms with Crippen LogP contribution < -0.4 is 5.32 Å². The van der Waals surface area contributed by atoms with E-state index in [2.05, 4.69) is 11.9 Å². The number of benzene rings is 1. The quantitative estimate of drug-likeness (QED) is 0.757. The van der Waals surface area contributed by atoms with Gasteiger partial charge in [-0.3, -0.25) is 4.79 Å². The van der Waals surface area contributed by atoms with Crippen molar-refractivity contribution in [2.45, 2.75) is 0 Å². The number of hydrogen-bond acceptors (Lipinski definition) is 2. The van der Waals surface area contributed by atoms with Crippen molar-refractivity contribution in [2.75, 3.05) is 5.32 Å². The molecule has 1 rings (SSSR count). The molecule has 0 saturated heterocycles. The number of carboxylic acid groups (broad SMARTS) is 1. The number of carbonyl (C=O) groups excluding carboxylic acids is 1.